The first kappa shape index (κ1) is 13.3. The van der Waals surface area contributed by atoms with Crippen molar-refractivity contribution in [1.82, 2.24) is 10.2 Å². The largest absolute Gasteiger partial charge is 0.380 e. The Morgan fingerprint density at radius 2 is 2.06 bits per heavy atom. The van der Waals surface area contributed by atoms with Crippen LogP contribution in [0.3, 0.4) is 0 Å². The van der Waals surface area contributed by atoms with Gasteiger partial charge in [-0.15, -0.1) is 0 Å². The normalized spacial score (nSPS) is 38.8. The molecule has 0 amide bonds. The van der Waals surface area contributed by atoms with E-state index in [0.29, 0.717) is 24.2 Å². The van der Waals surface area contributed by atoms with Crippen molar-refractivity contribution >= 4 is 0 Å². The van der Waals surface area contributed by atoms with Crippen molar-refractivity contribution in [2.24, 2.45) is 0 Å². The van der Waals surface area contributed by atoms with Gasteiger partial charge in [-0.25, -0.2) is 0 Å². The number of ether oxygens (including phenoxy) is 2. The van der Waals surface area contributed by atoms with Crippen LogP contribution in [0.15, 0.2) is 0 Å². The van der Waals surface area contributed by atoms with Gasteiger partial charge in [-0.3, -0.25) is 4.90 Å². The lowest BCUT2D eigenvalue weighted by Gasteiger charge is -2.41. The molecule has 17 heavy (non-hydrogen) atoms. The minimum Gasteiger partial charge on any atom is -0.380 e. The molecule has 4 heteroatoms. The fourth-order valence-corrected chi connectivity index (χ4v) is 3.13. The molecule has 0 radical (unpaired) electrons. The van der Waals surface area contributed by atoms with Crippen molar-refractivity contribution < 1.29 is 9.47 Å². The van der Waals surface area contributed by atoms with Crippen LogP contribution >= 0.6 is 0 Å². The van der Waals surface area contributed by atoms with Gasteiger partial charge in [-0.05, 0) is 33.4 Å². The molecule has 2 aliphatic rings. The fourth-order valence-electron chi connectivity index (χ4n) is 3.13. The van der Waals surface area contributed by atoms with Crippen molar-refractivity contribution in [2.75, 3.05) is 33.4 Å². The van der Waals surface area contributed by atoms with Crippen molar-refractivity contribution in [2.45, 2.75) is 50.9 Å². The number of hydrogen-bond acceptors (Lipinski definition) is 4. The summed E-state index contributed by atoms with van der Waals surface area (Å²) in [7, 11) is 2.22. The van der Waals surface area contributed by atoms with Crippen LogP contribution in [0.25, 0.3) is 0 Å². The van der Waals surface area contributed by atoms with E-state index in [1.54, 1.807) is 0 Å². The second kappa shape index (κ2) is 6.14. The molecule has 4 atom stereocenters. The van der Waals surface area contributed by atoms with E-state index in [0.717, 1.165) is 39.2 Å². The molecule has 2 saturated heterocycles. The first-order chi connectivity index (χ1) is 8.24. The second-order valence-corrected chi connectivity index (χ2v) is 5.19. The van der Waals surface area contributed by atoms with Crippen LogP contribution in [0.5, 0.6) is 0 Å². The predicted octanol–water partition coefficient (Wildman–Crippen LogP) is 0.863. The summed E-state index contributed by atoms with van der Waals surface area (Å²) < 4.78 is 11.3. The zero-order chi connectivity index (χ0) is 12.3. The summed E-state index contributed by atoms with van der Waals surface area (Å²) in [6, 6.07) is 1.59. The van der Waals surface area contributed by atoms with Gasteiger partial charge in [0.1, 0.15) is 0 Å². The first-order valence-electron chi connectivity index (χ1n) is 6.88. The summed E-state index contributed by atoms with van der Waals surface area (Å²) in [4.78, 5) is 2.48. The van der Waals surface area contributed by atoms with E-state index in [1.807, 2.05) is 0 Å². The second-order valence-electron chi connectivity index (χ2n) is 5.19. The molecule has 0 spiro atoms. The first-order valence-corrected chi connectivity index (χ1v) is 6.88. The van der Waals surface area contributed by atoms with Gasteiger partial charge in [0.2, 0.25) is 0 Å². The lowest BCUT2D eigenvalue weighted by Crippen LogP contribution is -2.57. The molecular weight excluding hydrogens is 216 g/mol. The maximum Gasteiger partial charge on any atom is 0.0703 e. The van der Waals surface area contributed by atoms with Crippen LogP contribution < -0.4 is 5.32 Å². The smallest absolute Gasteiger partial charge is 0.0703 e. The van der Waals surface area contributed by atoms with Gasteiger partial charge in [-0.2, -0.15) is 0 Å². The zero-order valence-electron chi connectivity index (χ0n) is 11.3. The van der Waals surface area contributed by atoms with Crippen molar-refractivity contribution in [3.8, 4) is 0 Å². The number of nitrogens with one attached hydrogen (secondary N) is 1. The summed E-state index contributed by atoms with van der Waals surface area (Å²) >= 11 is 0. The van der Waals surface area contributed by atoms with E-state index in [4.69, 9.17) is 9.47 Å². The molecule has 0 aromatic carbocycles. The third-order valence-electron chi connectivity index (χ3n) is 4.18. The molecule has 2 heterocycles. The van der Waals surface area contributed by atoms with Crippen LogP contribution in [0.4, 0.5) is 0 Å². The predicted molar refractivity (Wildman–Crippen MR) is 68.3 cm³/mol. The number of hydrogen-bond donors (Lipinski definition) is 1. The molecule has 100 valence electrons. The van der Waals surface area contributed by atoms with Gasteiger partial charge >= 0.3 is 0 Å². The Labute approximate surface area is 105 Å². The van der Waals surface area contributed by atoms with Crippen LogP contribution in [-0.2, 0) is 9.47 Å². The molecule has 2 aliphatic heterocycles. The lowest BCUT2D eigenvalue weighted by atomic mass is 9.98. The van der Waals surface area contributed by atoms with Crippen LogP contribution in [0, 0.1) is 0 Å². The quantitative estimate of drug-likeness (QED) is 0.793. The molecule has 0 saturated carbocycles. The van der Waals surface area contributed by atoms with Gasteiger partial charge in [0.05, 0.1) is 12.7 Å². The summed E-state index contributed by atoms with van der Waals surface area (Å²) in [6.45, 7) is 8.02. The van der Waals surface area contributed by atoms with E-state index in [-0.39, 0.29) is 0 Å². The molecule has 2 rings (SSSR count). The van der Waals surface area contributed by atoms with E-state index in [1.165, 1.54) is 0 Å². The number of nitrogens with zero attached hydrogens (tertiary/aromatic N) is 1. The molecule has 1 N–H and O–H groups in total. The van der Waals surface area contributed by atoms with E-state index >= 15 is 0 Å². The summed E-state index contributed by atoms with van der Waals surface area (Å²) in [5.41, 5.74) is 0. The third kappa shape index (κ3) is 2.99. The monoisotopic (exact) mass is 242 g/mol. The van der Waals surface area contributed by atoms with Crippen LogP contribution in [0.2, 0.25) is 0 Å². The topological polar surface area (TPSA) is 33.7 Å². The number of rotatable bonds is 4. The van der Waals surface area contributed by atoms with Crippen molar-refractivity contribution in [3.63, 3.8) is 0 Å². The molecule has 0 aromatic heterocycles. The Morgan fingerprint density at radius 3 is 2.71 bits per heavy atom. The fraction of sp³-hybridized carbons (Fsp3) is 1.00. The van der Waals surface area contributed by atoms with Crippen LogP contribution in [0.1, 0.15) is 26.7 Å². The molecular formula is C13H26N2O2. The maximum absolute atomic E-state index is 5.67. The van der Waals surface area contributed by atoms with Gasteiger partial charge in [-0.1, -0.05) is 6.92 Å². The highest BCUT2D eigenvalue weighted by molar-refractivity contribution is 4.91. The Balaban J connectivity index is 1.97. The molecule has 4 unspecified atom stereocenters. The van der Waals surface area contributed by atoms with Crippen molar-refractivity contribution in [3.05, 3.63) is 0 Å². The Hall–Kier alpha value is -0.160. The minimum atomic E-state index is 0.351. The SMILES string of the molecule is CCNC1CCOCC1N(C)C1CCOC1C. The van der Waals surface area contributed by atoms with E-state index < -0.39 is 0 Å². The molecule has 0 bridgehead atoms. The van der Waals surface area contributed by atoms with E-state index in [2.05, 4.69) is 31.1 Å². The molecule has 0 aromatic rings. The molecule has 2 fully saturated rings. The average molecular weight is 242 g/mol. The average Bonchev–Trinajstić information content (AvgIpc) is 2.76. The highest BCUT2D eigenvalue weighted by Gasteiger charge is 2.36. The molecule has 4 nitrogen and oxygen atoms in total. The number of likely N-dealkylation sites (N-methyl/N-ethyl adjacent to an activating group) is 2. The van der Waals surface area contributed by atoms with Gasteiger partial charge < -0.3 is 14.8 Å². The summed E-state index contributed by atoms with van der Waals surface area (Å²) in [5.74, 6) is 0. The maximum atomic E-state index is 5.67. The van der Waals surface area contributed by atoms with E-state index in [9.17, 15) is 0 Å². The van der Waals surface area contributed by atoms with Gasteiger partial charge in [0.25, 0.3) is 0 Å². The standard InChI is InChI=1S/C13H26N2O2/c1-4-14-11-5-7-16-9-13(11)15(3)12-6-8-17-10(12)2/h10-14H,4-9H2,1-3H3. The Morgan fingerprint density at radius 1 is 1.24 bits per heavy atom. The minimum absolute atomic E-state index is 0.351. The zero-order valence-corrected chi connectivity index (χ0v) is 11.3. The lowest BCUT2D eigenvalue weighted by molar-refractivity contribution is -0.0201. The highest BCUT2D eigenvalue weighted by atomic mass is 16.5. The highest BCUT2D eigenvalue weighted by Crippen LogP contribution is 2.23. The summed E-state index contributed by atoms with van der Waals surface area (Å²) in [6.07, 6.45) is 2.61. The van der Waals surface area contributed by atoms with Gasteiger partial charge in [0.15, 0.2) is 0 Å². The molecule has 0 aliphatic carbocycles. The summed E-state index contributed by atoms with van der Waals surface area (Å²) in [5, 5.41) is 3.59. The van der Waals surface area contributed by atoms with Gasteiger partial charge in [0, 0.05) is 31.3 Å². The third-order valence-corrected chi connectivity index (χ3v) is 4.18. The Bertz CT molecular complexity index is 235. The van der Waals surface area contributed by atoms with Crippen molar-refractivity contribution in [1.29, 1.82) is 0 Å². The Kier molecular flexibility index (Phi) is 4.79. The van der Waals surface area contributed by atoms with Crippen LogP contribution in [-0.4, -0.2) is 62.5 Å².